The van der Waals surface area contributed by atoms with Gasteiger partial charge >= 0.3 is 0 Å². The Balaban J connectivity index is 1.61. The molecule has 0 aliphatic rings. The van der Waals surface area contributed by atoms with Gasteiger partial charge in [0.1, 0.15) is 5.76 Å². The summed E-state index contributed by atoms with van der Waals surface area (Å²) in [6.45, 7) is 3.15. The van der Waals surface area contributed by atoms with Gasteiger partial charge in [-0.05, 0) is 55.5 Å². The molecule has 0 aliphatic carbocycles. The van der Waals surface area contributed by atoms with Gasteiger partial charge in [-0.25, -0.2) is 0 Å². The molecule has 0 fully saturated rings. The van der Waals surface area contributed by atoms with Crippen molar-refractivity contribution < 1.29 is 18.9 Å². The Labute approximate surface area is 160 Å². The lowest BCUT2D eigenvalue weighted by Crippen LogP contribution is -2.14. The van der Waals surface area contributed by atoms with Crippen molar-refractivity contribution in [2.75, 3.05) is 16.0 Å². The van der Waals surface area contributed by atoms with E-state index in [1.54, 1.807) is 61.5 Å². The fourth-order valence-electron chi connectivity index (χ4n) is 2.43. The van der Waals surface area contributed by atoms with E-state index in [1.165, 1.54) is 6.92 Å². The molecule has 8 nitrogen and oxygen atoms in total. The van der Waals surface area contributed by atoms with Gasteiger partial charge in [-0.2, -0.15) is 0 Å². The Morgan fingerprint density at radius 1 is 0.786 bits per heavy atom. The number of rotatable bonds is 5. The fourth-order valence-corrected chi connectivity index (χ4v) is 2.43. The molecule has 2 aromatic carbocycles. The molecule has 1 aromatic heterocycles. The summed E-state index contributed by atoms with van der Waals surface area (Å²) in [5.41, 5.74) is 2.02. The molecule has 0 radical (unpaired) electrons. The lowest BCUT2D eigenvalue weighted by Gasteiger charge is -2.08. The van der Waals surface area contributed by atoms with E-state index in [1.807, 2.05) is 0 Å². The summed E-state index contributed by atoms with van der Waals surface area (Å²) < 4.78 is 4.90. The molecule has 3 rings (SSSR count). The third kappa shape index (κ3) is 4.82. The molecule has 0 atom stereocenters. The Morgan fingerprint density at radius 3 is 1.75 bits per heavy atom. The highest BCUT2D eigenvalue weighted by molar-refractivity contribution is 6.07. The second kappa shape index (κ2) is 8.17. The number of benzene rings is 2. The zero-order chi connectivity index (χ0) is 20.1. The van der Waals surface area contributed by atoms with Crippen molar-refractivity contribution in [2.45, 2.75) is 13.8 Å². The topological polar surface area (TPSA) is 113 Å². The van der Waals surface area contributed by atoms with E-state index in [0.29, 0.717) is 34.1 Å². The average Bonchev–Trinajstić information content (AvgIpc) is 3.07. The van der Waals surface area contributed by atoms with E-state index in [2.05, 4.69) is 21.1 Å². The van der Waals surface area contributed by atoms with Crippen LogP contribution in [0, 0.1) is 6.92 Å². The third-order valence-corrected chi connectivity index (χ3v) is 3.74. The summed E-state index contributed by atoms with van der Waals surface area (Å²) in [6, 6.07) is 14.6. The van der Waals surface area contributed by atoms with Gasteiger partial charge in [0.2, 0.25) is 5.91 Å². The van der Waals surface area contributed by atoms with Crippen LogP contribution in [0.2, 0.25) is 0 Å². The largest absolute Gasteiger partial charge is 0.360 e. The average molecular weight is 378 g/mol. The lowest BCUT2D eigenvalue weighted by atomic mass is 10.1. The number of aryl methyl sites for hydroxylation is 1. The molecule has 3 amide bonds. The minimum absolute atomic E-state index is 0.167. The molecule has 0 bridgehead atoms. The Morgan fingerprint density at radius 2 is 1.29 bits per heavy atom. The van der Waals surface area contributed by atoms with Crippen LogP contribution in [-0.2, 0) is 4.79 Å². The van der Waals surface area contributed by atoms with Crippen LogP contribution < -0.4 is 16.0 Å². The molecule has 0 saturated carbocycles. The minimum Gasteiger partial charge on any atom is -0.360 e. The van der Waals surface area contributed by atoms with E-state index in [0.717, 1.165) is 0 Å². The summed E-state index contributed by atoms with van der Waals surface area (Å²) in [7, 11) is 0. The Kier molecular flexibility index (Phi) is 5.50. The van der Waals surface area contributed by atoms with Gasteiger partial charge in [-0.3, -0.25) is 14.4 Å². The molecule has 0 unspecified atom stereocenters. The number of anilines is 3. The number of aromatic nitrogens is 1. The van der Waals surface area contributed by atoms with Crippen molar-refractivity contribution in [3.05, 3.63) is 71.5 Å². The molecule has 0 spiro atoms. The van der Waals surface area contributed by atoms with Crippen LogP contribution in [0.3, 0.4) is 0 Å². The van der Waals surface area contributed by atoms with Crippen molar-refractivity contribution in [3.63, 3.8) is 0 Å². The smallest absolute Gasteiger partial charge is 0.256 e. The third-order valence-electron chi connectivity index (χ3n) is 3.74. The number of hydrogen-bond donors (Lipinski definition) is 3. The van der Waals surface area contributed by atoms with Gasteiger partial charge in [0.25, 0.3) is 11.8 Å². The maximum Gasteiger partial charge on any atom is 0.256 e. The number of carbonyl (C=O) groups excluding carboxylic acids is 3. The normalized spacial score (nSPS) is 10.2. The summed E-state index contributed by atoms with van der Waals surface area (Å²) in [4.78, 5) is 35.6. The van der Waals surface area contributed by atoms with E-state index in [4.69, 9.17) is 4.52 Å². The summed E-state index contributed by atoms with van der Waals surface area (Å²) in [5, 5.41) is 11.7. The molecule has 3 N–H and O–H groups in total. The van der Waals surface area contributed by atoms with Gasteiger partial charge in [0, 0.05) is 35.5 Å². The van der Waals surface area contributed by atoms with E-state index < -0.39 is 0 Å². The first-order chi connectivity index (χ1) is 13.4. The second-order valence-corrected chi connectivity index (χ2v) is 6.07. The van der Waals surface area contributed by atoms with Crippen LogP contribution in [0.5, 0.6) is 0 Å². The zero-order valence-electron chi connectivity index (χ0n) is 15.3. The Hall–Kier alpha value is -3.94. The summed E-state index contributed by atoms with van der Waals surface area (Å²) >= 11 is 0. The highest BCUT2D eigenvalue weighted by Crippen LogP contribution is 2.15. The highest BCUT2D eigenvalue weighted by Gasteiger charge is 2.11. The van der Waals surface area contributed by atoms with Crippen LogP contribution in [0.15, 0.2) is 59.1 Å². The van der Waals surface area contributed by atoms with Gasteiger partial charge in [0.15, 0.2) is 5.82 Å². The second-order valence-electron chi connectivity index (χ2n) is 6.07. The van der Waals surface area contributed by atoms with Crippen molar-refractivity contribution >= 4 is 34.9 Å². The molecular formula is C20H18N4O4. The summed E-state index contributed by atoms with van der Waals surface area (Å²) in [6.07, 6.45) is 0. The quantitative estimate of drug-likeness (QED) is 0.629. The Bertz CT molecular complexity index is 1010. The first-order valence-electron chi connectivity index (χ1n) is 8.44. The molecule has 0 saturated heterocycles. The number of amides is 3. The van der Waals surface area contributed by atoms with Crippen molar-refractivity contribution in [3.8, 4) is 0 Å². The first kappa shape index (κ1) is 18.8. The van der Waals surface area contributed by atoms with Gasteiger partial charge in [-0.1, -0.05) is 5.16 Å². The number of nitrogens with one attached hydrogen (secondary N) is 3. The van der Waals surface area contributed by atoms with Crippen LogP contribution in [0.4, 0.5) is 17.2 Å². The van der Waals surface area contributed by atoms with E-state index >= 15 is 0 Å². The maximum atomic E-state index is 12.3. The first-order valence-corrected chi connectivity index (χ1v) is 8.44. The van der Waals surface area contributed by atoms with Crippen LogP contribution >= 0.6 is 0 Å². The standard InChI is InChI=1S/C20H18N4O4/c1-12-11-18(24-28-12)23-20(27)15-5-3-14(4-6-15)19(26)22-17-9-7-16(8-10-17)21-13(2)25/h3-11H,1-2H3,(H,21,25)(H,22,26)(H,23,24,27). The maximum absolute atomic E-state index is 12.3. The number of nitrogens with zero attached hydrogens (tertiary/aromatic N) is 1. The lowest BCUT2D eigenvalue weighted by molar-refractivity contribution is -0.114. The minimum atomic E-state index is -0.353. The van der Waals surface area contributed by atoms with Crippen LogP contribution in [-0.4, -0.2) is 22.9 Å². The highest BCUT2D eigenvalue weighted by atomic mass is 16.5. The van der Waals surface area contributed by atoms with Crippen molar-refractivity contribution in [2.24, 2.45) is 0 Å². The molecule has 1 heterocycles. The molecule has 0 aliphatic heterocycles. The molecular weight excluding hydrogens is 360 g/mol. The van der Waals surface area contributed by atoms with Crippen molar-refractivity contribution in [1.29, 1.82) is 0 Å². The predicted octanol–water partition coefficient (Wildman–Crippen LogP) is 3.45. The van der Waals surface area contributed by atoms with Crippen LogP contribution in [0.25, 0.3) is 0 Å². The predicted molar refractivity (Wildman–Crippen MR) is 104 cm³/mol. The van der Waals surface area contributed by atoms with Gasteiger partial charge < -0.3 is 20.5 Å². The molecule has 3 aromatic rings. The number of hydrogen-bond acceptors (Lipinski definition) is 5. The number of carbonyl (C=O) groups is 3. The molecule has 142 valence electrons. The molecule has 8 heteroatoms. The fraction of sp³-hybridized carbons (Fsp3) is 0.100. The van der Waals surface area contributed by atoms with Gasteiger partial charge in [-0.15, -0.1) is 0 Å². The van der Waals surface area contributed by atoms with Gasteiger partial charge in [0.05, 0.1) is 0 Å². The summed E-state index contributed by atoms with van der Waals surface area (Å²) in [5.74, 6) is 0.0826. The monoisotopic (exact) mass is 378 g/mol. The van der Waals surface area contributed by atoms with E-state index in [-0.39, 0.29) is 17.7 Å². The van der Waals surface area contributed by atoms with Crippen LogP contribution in [0.1, 0.15) is 33.4 Å². The molecule has 28 heavy (non-hydrogen) atoms. The van der Waals surface area contributed by atoms with Crippen molar-refractivity contribution in [1.82, 2.24) is 5.16 Å². The zero-order valence-corrected chi connectivity index (χ0v) is 15.3. The SMILES string of the molecule is CC(=O)Nc1ccc(NC(=O)c2ccc(C(=O)Nc3cc(C)on3)cc2)cc1. The van der Waals surface area contributed by atoms with E-state index in [9.17, 15) is 14.4 Å².